The average molecular weight is 372 g/mol. The van der Waals surface area contributed by atoms with Gasteiger partial charge in [0.2, 0.25) is 10.0 Å². The van der Waals surface area contributed by atoms with Crippen molar-refractivity contribution in [2.75, 3.05) is 23.7 Å². The van der Waals surface area contributed by atoms with Crippen LogP contribution >= 0.6 is 0 Å². The number of para-hydroxylation sites is 1. The molecule has 0 aliphatic carbocycles. The van der Waals surface area contributed by atoms with Gasteiger partial charge in [0.15, 0.2) is 0 Å². The molecule has 6 nitrogen and oxygen atoms in total. The molecule has 0 radical (unpaired) electrons. The topological polar surface area (TPSA) is 75.7 Å². The summed E-state index contributed by atoms with van der Waals surface area (Å²) in [4.78, 5) is 12.7. The van der Waals surface area contributed by atoms with Crippen molar-refractivity contribution in [2.45, 2.75) is 18.9 Å². The molecular weight excluding hydrogens is 352 g/mol. The molecule has 1 N–H and O–H groups in total. The summed E-state index contributed by atoms with van der Waals surface area (Å²) in [7, 11) is -3.29. The van der Waals surface area contributed by atoms with Crippen LogP contribution in [0.25, 0.3) is 0 Å². The maximum atomic E-state index is 12.7. The Morgan fingerprint density at radius 1 is 1.23 bits per heavy atom. The first kappa shape index (κ1) is 16.9. The second kappa shape index (κ2) is 6.32. The van der Waals surface area contributed by atoms with Gasteiger partial charge >= 0.3 is 0 Å². The minimum Gasteiger partial charge on any atom is -0.493 e. The van der Waals surface area contributed by atoms with Gasteiger partial charge in [0.1, 0.15) is 5.75 Å². The van der Waals surface area contributed by atoms with Crippen LogP contribution in [-0.2, 0) is 16.4 Å². The molecule has 7 heteroatoms. The molecule has 26 heavy (non-hydrogen) atoms. The SMILES string of the molecule is CS(=O)(=O)N1CCc2cc(C(=O)NC3CCOc4ccccc43)ccc21. The van der Waals surface area contributed by atoms with Crippen LogP contribution in [0.5, 0.6) is 5.75 Å². The van der Waals surface area contributed by atoms with Crippen LogP contribution in [0.1, 0.15) is 33.9 Å². The average Bonchev–Trinajstić information content (AvgIpc) is 3.05. The van der Waals surface area contributed by atoms with Gasteiger partial charge in [-0.2, -0.15) is 0 Å². The van der Waals surface area contributed by atoms with Gasteiger partial charge in [0.05, 0.1) is 24.6 Å². The van der Waals surface area contributed by atoms with Gasteiger partial charge < -0.3 is 10.1 Å². The molecular formula is C19H20N2O4S. The fourth-order valence-corrected chi connectivity index (χ4v) is 4.55. The number of benzene rings is 2. The van der Waals surface area contributed by atoms with Crippen molar-refractivity contribution in [1.82, 2.24) is 5.32 Å². The Kier molecular flexibility index (Phi) is 4.11. The van der Waals surface area contributed by atoms with Crippen LogP contribution < -0.4 is 14.4 Å². The largest absolute Gasteiger partial charge is 0.493 e. The number of anilines is 1. The first-order chi connectivity index (χ1) is 12.4. The summed E-state index contributed by atoms with van der Waals surface area (Å²) in [5.74, 6) is 0.647. The lowest BCUT2D eigenvalue weighted by Gasteiger charge is -2.26. The number of carbonyl (C=O) groups excluding carboxylic acids is 1. The zero-order valence-electron chi connectivity index (χ0n) is 14.4. The third-order valence-electron chi connectivity index (χ3n) is 4.86. The van der Waals surface area contributed by atoms with Crippen molar-refractivity contribution < 1.29 is 17.9 Å². The van der Waals surface area contributed by atoms with E-state index in [1.54, 1.807) is 18.2 Å². The summed E-state index contributed by atoms with van der Waals surface area (Å²) in [6.45, 7) is 0.988. The molecule has 0 bridgehead atoms. The van der Waals surface area contributed by atoms with Crippen molar-refractivity contribution in [3.63, 3.8) is 0 Å². The molecule has 136 valence electrons. The Morgan fingerprint density at radius 2 is 2.04 bits per heavy atom. The molecule has 2 aromatic rings. The lowest BCUT2D eigenvalue weighted by molar-refractivity contribution is 0.0924. The molecule has 1 atom stereocenters. The van der Waals surface area contributed by atoms with Gasteiger partial charge in [-0.1, -0.05) is 18.2 Å². The molecule has 0 fully saturated rings. The minimum atomic E-state index is -3.29. The number of ether oxygens (including phenoxy) is 1. The van der Waals surface area contributed by atoms with E-state index in [9.17, 15) is 13.2 Å². The minimum absolute atomic E-state index is 0.0896. The van der Waals surface area contributed by atoms with Gasteiger partial charge in [-0.25, -0.2) is 8.42 Å². The van der Waals surface area contributed by atoms with Crippen LogP contribution in [0, 0.1) is 0 Å². The highest BCUT2D eigenvalue weighted by Crippen LogP contribution is 2.33. The van der Waals surface area contributed by atoms with Crippen molar-refractivity contribution in [1.29, 1.82) is 0 Å². The van der Waals surface area contributed by atoms with E-state index < -0.39 is 10.0 Å². The van der Waals surface area contributed by atoms with Gasteiger partial charge in [0.25, 0.3) is 5.91 Å². The maximum absolute atomic E-state index is 12.7. The van der Waals surface area contributed by atoms with Crippen molar-refractivity contribution in [2.24, 2.45) is 0 Å². The fraction of sp³-hybridized carbons (Fsp3) is 0.316. The predicted octanol–water partition coefficient (Wildman–Crippen LogP) is 2.26. The Morgan fingerprint density at radius 3 is 2.85 bits per heavy atom. The van der Waals surface area contributed by atoms with E-state index in [1.807, 2.05) is 24.3 Å². The molecule has 0 saturated heterocycles. The first-order valence-corrected chi connectivity index (χ1v) is 10.4. The zero-order chi connectivity index (χ0) is 18.3. The molecule has 2 aliphatic rings. The quantitative estimate of drug-likeness (QED) is 0.897. The normalized spacial score (nSPS) is 18.7. The summed E-state index contributed by atoms with van der Waals surface area (Å²) >= 11 is 0. The Hall–Kier alpha value is -2.54. The van der Waals surface area contributed by atoms with Crippen LogP contribution in [-0.4, -0.2) is 33.7 Å². The molecule has 0 spiro atoms. The summed E-state index contributed by atoms with van der Waals surface area (Å²) in [5, 5.41) is 3.07. The van der Waals surface area contributed by atoms with E-state index in [4.69, 9.17) is 4.74 Å². The van der Waals surface area contributed by atoms with Gasteiger partial charge in [0, 0.05) is 24.1 Å². The van der Waals surface area contributed by atoms with E-state index in [1.165, 1.54) is 10.6 Å². The summed E-state index contributed by atoms with van der Waals surface area (Å²) in [6.07, 6.45) is 2.53. The van der Waals surface area contributed by atoms with E-state index in [2.05, 4.69) is 5.32 Å². The Labute approximate surface area is 152 Å². The second-order valence-electron chi connectivity index (χ2n) is 6.63. The van der Waals surface area contributed by atoms with Gasteiger partial charge in [-0.05, 0) is 36.2 Å². The molecule has 1 amide bonds. The third kappa shape index (κ3) is 3.03. The number of hydrogen-bond donors (Lipinski definition) is 1. The Balaban J connectivity index is 1.56. The number of rotatable bonds is 3. The van der Waals surface area contributed by atoms with E-state index in [-0.39, 0.29) is 11.9 Å². The highest BCUT2D eigenvalue weighted by Gasteiger charge is 2.28. The number of nitrogens with zero attached hydrogens (tertiary/aromatic N) is 1. The van der Waals surface area contributed by atoms with Crippen molar-refractivity contribution in [3.8, 4) is 5.75 Å². The summed E-state index contributed by atoms with van der Waals surface area (Å²) in [5.41, 5.74) is 3.08. The van der Waals surface area contributed by atoms with Crippen LogP contribution in [0.3, 0.4) is 0 Å². The van der Waals surface area contributed by atoms with Gasteiger partial charge in [-0.15, -0.1) is 0 Å². The molecule has 1 unspecified atom stereocenters. The highest BCUT2D eigenvalue weighted by atomic mass is 32.2. The van der Waals surface area contributed by atoms with Crippen LogP contribution in [0.2, 0.25) is 0 Å². The van der Waals surface area contributed by atoms with E-state index in [0.29, 0.717) is 30.8 Å². The monoisotopic (exact) mass is 372 g/mol. The number of sulfonamides is 1. The lowest BCUT2D eigenvalue weighted by atomic mass is 10.00. The van der Waals surface area contributed by atoms with Crippen LogP contribution in [0.4, 0.5) is 5.69 Å². The predicted molar refractivity (Wildman–Crippen MR) is 99.1 cm³/mol. The number of hydrogen-bond acceptors (Lipinski definition) is 4. The number of carbonyl (C=O) groups is 1. The third-order valence-corrected chi connectivity index (χ3v) is 6.04. The number of nitrogens with one attached hydrogen (secondary N) is 1. The highest BCUT2D eigenvalue weighted by molar-refractivity contribution is 7.92. The standard InChI is InChI=1S/C19H20N2O4S/c1-26(23,24)21-10-8-13-12-14(6-7-17(13)21)19(22)20-16-9-11-25-18-5-3-2-4-15(16)18/h2-7,12,16H,8-11H2,1H3,(H,20,22). The first-order valence-electron chi connectivity index (χ1n) is 8.57. The summed E-state index contributed by atoms with van der Waals surface area (Å²) in [6, 6.07) is 12.8. The van der Waals surface area contributed by atoms with Crippen LogP contribution in [0.15, 0.2) is 42.5 Å². The molecule has 2 aliphatic heterocycles. The van der Waals surface area contributed by atoms with E-state index in [0.717, 1.165) is 23.3 Å². The lowest BCUT2D eigenvalue weighted by Crippen LogP contribution is -2.32. The van der Waals surface area contributed by atoms with E-state index >= 15 is 0 Å². The maximum Gasteiger partial charge on any atom is 0.251 e. The number of amides is 1. The van der Waals surface area contributed by atoms with Crippen molar-refractivity contribution >= 4 is 21.6 Å². The molecule has 2 heterocycles. The molecule has 0 aromatic heterocycles. The molecule has 0 saturated carbocycles. The molecule has 4 rings (SSSR count). The fourth-order valence-electron chi connectivity index (χ4n) is 3.59. The molecule has 2 aromatic carbocycles. The Bertz CT molecular complexity index is 971. The number of fused-ring (bicyclic) bond motifs is 2. The summed E-state index contributed by atoms with van der Waals surface area (Å²) < 4.78 is 30.7. The van der Waals surface area contributed by atoms with Gasteiger partial charge in [-0.3, -0.25) is 9.10 Å². The van der Waals surface area contributed by atoms with Crippen molar-refractivity contribution in [3.05, 3.63) is 59.2 Å². The second-order valence-corrected chi connectivity index (χ2v) is 8.54. The smallest absolute Gasteiger partial charge is 0.251 e. The zero-order valence-corrected chi connectivity index (χ0v) is 15.3.